The van der Waals surface area contributed by atoms with Crippen LogP contribution >= 0.6 is 23.4 Å². The van der Waals surface area contributed by atoms with Gasteiger partial charge in [0.05, 0.1) is 11.4 Å². The third-order valence-electron chi connectivity index (χ3n) is 4.19. The number of rotatable bonds is 8. The van der Waals surface area contributed by atoms with Crippen LogP contribution in [0.25, 0.3) is 11.4 Å². The first-order valence-corrected chi connectivity index (χ1v) is 10.5. The number of hydrogen-bond donors (Lipinski definition) is 1. The number of hydrogen-bond acceptors (Lipinski definition) is 5. The molecule has 0 spiro atoms. The van der Waals surface area contributed by atoms with Gasteiger partial charge in [0.25, 0.3) is 0 Å². The normalized spacial score (nSPS) is 12.2. The molecule has 2 heterocycles. The van der Waals surface area contributed by atoms with Crippen LogP contribution in [0.4, 0.5) is 5.82 Å². The van der Waals surface area contributed by atoms with E-state index in [2.05, 4.69) is 27.2 Å². The van der Waals surface area contributed by atoms with Gasteiger partial charge < -0.3 is 5.32 Å². The van der Waals surface area contributed by atoms with Crippen molar-refractivity contribution >= 4 is 35.1 Å². The summed E-state index contributed by atoms with van der Waals surface area (Å²) in [4.78, 5) is 12.7. The molecule has 152 valence electrons. The molecule has 0 saturated heterocycles. The van der Waals surface area contributed by atoms with Gasteiger partial charge in [-0.3, -0.25) is 9.36 Å². The Balaban J connectivity index is 1.78. The number of nitrogens with zero attached hydrogens (tertiary/aromatic N) is 5. The lowest BCUT2D eigenvalue weighted by molar-refractivity contribution is -0.115. The van der Waals surface area contributed by atoms with Crippen LogP contribution in [0.1, 0.15) is 26.8 Å². The fourth-order valence-electron chi connectivity index (χ4n) is 2.75. The van der Waals surface area contributed by atoms with Gasteiger partial charge in [-0.2, -0.15) is 5.10 Å². The van der Waals surface area contributed by atoms with Gasteiger partial charge in [0, 0.05) is 29.2 Å². The summed E-state index contributed by atoms with van der Waals surface area (Å²) in [6.45, 7) is 10.2. The lowest BCUT2D eigenvalue weighted by atomic mass is 10.2. The highest BCUT2D eigenvalue weighted by Gasteiger charge is 2.21. The molecule has 7 nitrogen and oxygen atoms in total. The zero-order valence-electron chi connectivity index (χ0n) is 16.5. The van der Waals surface area contributed by atoms with E-state index in [0.717, 1.165) is 5.56 Å². The van der Waals surface area contributed by atoms with Crippen LogP contribution < -0.4 is 5.32 Å². The minimum Gasteiger partial charge on any atom is -0.310 e. The molecule has 9 heteroatoms. The molecule has 0 fully saturated rings. The number of benzene rings is 1. The average Bonchev–Trinajstić information content (AvgIpc) is 3.30. The summed E-state index contributed by atoms with van der Waals surface area (Å²) in [5.74, 6) is 1.25. The van der Waals surface area contributed by atoms with E-state index in [0.29, 0.717) is 28.4 Å². The number of allylic oxidation sites excluding steroid dienone is 1. The van der Waals surface area contributed by atoms with Crippen LogP contribution in [0.5, 0.6) is 0 Å². The maximum atomic E-state index is 12.7. The monoisotopic (exact) mass is 430 g/mol. The molecular weight excluding hydrogens is 408 g/mol. The third kappa shape index (κ3) is 4.89. The Morgan fingerprint density at radius 3 is 2.62 bits per heavy atom. The van der Waals surface area contributed by atoms with Crippen molar-refractivity contribution in [3.05, 3.63) is 54.2 Å². The van der Waals surface area contributed by atoms with E-state index in [-0.39, 0.29) is 17.2 Å². The number of carbonyl (C=O) groups excluding carboxylic acids is 1. The first kappa shape index (κ1) is 21.1. The molecule has 1 amide bonds. The predicted octanol–water partition coefficient (Wildman–Crippen LogP) is 4.68. The number of anilines is 1. The number of carbonyl (C=O) groups is 1. The van der Waals surface area contributed by atoms with E-state index in [1.165, 1.54) is 11.8 Å². The van der Waals surface area contributed by atoms with Crippen LogP contribution in [0.15, 0.2) is 54.3 Å². The summed E-state index contributed by atoms with van der Waals surface area (Å²) in [6.07, 6.45) is 3.45. The van der Waals surface area contributed by atoms with Gasteiger partial charge in [-0.15, -0.1) is 16.8 Å². The quantitative estimate of drug-likeness (QED) is 0.414. The van der Waals surface area contributed by atoms with Gasteiger partial charge in [-0.05, 0) is 45.0 Å². The first-order chi connectivity index (χ1) is 13.9. The standard InChI is InChI=1S/C20H23ClN6OS/c1-5-12-26-18(15-6-8-16(21)9-7-15)24-25-20(26)29-14(4)19(28)23-17-10-11-22-27(17)13(2)3/h5-11,13-14H,1,12H2,2-4H3,(H,23,28). The number of thioether (sulfide) groups is 1. The first-order valence-electron chi connectivity index (χ1n) is 9.21. The lowest BCUT2D eigenvalue weighted by Crippen LogP contribution is -2.25. The van der Waals surface area contributed by atoms with Crippen molar-refractivity contribution in [1.29, 1.82) is 0 Å². The smallest absolute Gasteiger partial charge is 0.238 e. The zero-order chi connectivity index (χ0) is 21.0. The molecule has 0 aliphatic carbocycles. The average molecular weight is 431 g/mol. The van der Waals surface area contributed by atoms with E-state index >= 15 is 0 Å². The highest BCUT2D eigenvalue weighted by Crippen LogP contribution is 2.28. The van der Waals surface area contributed by atoms with Crippen LogP contribution in [0.2, 0.25) is 5.02 Å². The number of aromatic nitrogens is 5. The summed E-state index contributed by atoms with van der Waals surface area (Å²) < 4.78 is 3.71. The van der Waals surface area contributed by atoms with Crippen molar-refractivity contribution in [2.45, 2.75) is 43.8 Å². The third-order valence-corrected chi connectivity index (χ3v) is 5.53. The second-order valence-corrected chi connectivity index (χ2v) is 8.46. The summed E-state index contributed by atoms with van der Waals surface area (Å²) in [6, 6.07) is 9.34. The van der Waals surface area contributed by atoms with Crippen molar-refractivity contribution in [2.75, 3.05) is 5.32 Å². The number of nitrogens with one attached hydrogen (secondary N) is 1. The minimum absolute atomic E-state index is 0.126. The fourth-order valence-corrected chi connectivity index (χ4v) is 3.73. The van der Waals surface area contributed by atoms with Gasteiger partial charge in [-0.1, -0.05) is 29.4 Å². The molecule has 29 heavy (non-hydrogen) atoms. The molecule has 1 N–H and O–H groups in total. The van der Waals surface area contributed by atoms with Crippen LogP contribution in [0.3, 0.4) is 0 Å². The Hall–Kier alpha value is -2.58. The molecule has 2 aromatic heterocycles. The van der Waals surface area contributed by atoms with Gasteiger partial charge in [-0.25, -0.2) is 4.68 Å². The Morgan fingerprint density at radius 2 is 1.97 bits per heavy atom. The highest BCUT2D eigenvalue weighted by molar-refractivity contribution is 8.00. The highest BCUT2D eigenvalue weighted by atomic mass is 35.5. The second kappa shape index (κ2) is 9.28. The lowest BCUT2D eigenvalue weighted by Gasteiger charge is -2.15. The summed E-state index contributed by atoms with van der Waals surface area (Å²) >= 11 is 7.33. The molecule has 1 aromatic carbocycles. The Morgan fingerprint density at radius 1 is 1.24 bits per heavy atom. The largest absolute Gasteiger partial charge is 0.310 e. The topological polar surface area (TPSA) is 77.6 Å². The van der Waals surface area contributed by atoms with Crippen molar-refractivity contribution in [2.24, 2.45) is 0 Å². The molecule has 0 aliphatic rings. The Kier molecular flexibility index (Phi) is 6.76. The van der Waals surface area contributed by atoms with E-state index in [9.17, 15) is 4.79 Å². The predicted molar refractivity (Wildman–Crippen MR) is 117 cm³/mol. The van der Waals surface area contributed by atoms with E-state index in [1.807, 2.05) is 49.6 Å². The van der Waals surface area contributed by atoms with Crippen molar-refractivity contribution in [1.82, 2.24) is 24.5 Å². The second-order valence-electron chi connectivity index (χ2n) is 6.72. The molecule has 3 rings (SSSR count). The summed E-state index contributed by atoms with van der Waals surface area (Å²) in [5, 5.41) is 16.7. The van der Waals surface area contributed by atoms with Crippen LogP contribution in [0, 0.1) is 0 Å². The van der Waals surface area contributed by atoms with Crippen LogP contribution in [-0.2, 0) is 11.3 Å². The van der Waals surface area contributed by atoms with Gasteiger partial charge in [0.2, 0.25) is 5.91 Å². The van der Waals surface area contributed by atoms with E-state index < -0.39 is 0 Å². The van der Waals surface area contributed by atoms with Gasteiger partial charge in [0.1, 0.15) is 5.82 Å². The molecular formula is C20H23ClN6OS. The molecule has 0 radical (unpaired) electrons. The summed E-state index contributed by atoms with van der Waals surface area (Å²) in [5.41, 5.74) is 0.897. The minimum atomic E-state index is -0.378. The van der Waals surface area contributed by atoms with Gasteiger partial charge in [0.15, 0.2) is 11.0 Å². The Bertz CT molecular complexity index is 995. The zero-order valence-corrected chi connectivity index (χ0v) is 18.1. The van der Waals surface area contributed by atoms with Gasteiger partial charge >= 0.3 is 0 Å². The molecule has 1 unspecified atom stereocenters. The number of amides is 1. The molecule has 1 atom stereocenters. The van der Waals surface area contributed by atoms with Crippen LogP contribution in [-0.4, -0.2) is 35.7 Å². The fraction of sp³-hybridized carbons (Fsp3) is 0.300. The molecule has 3 aromatic rings. The number of halogens is 1. The van der Waals surface area contributed by atoms with E-state index in [4.69, 9.17) is 11.6 Å². The van der Waals surface area contributed by atoms with Crippen molar-refractivity contribution < 1.29 is 4.79 Å². The van der Waals surface area contributed by atoms with Crippen molar-refractivity contribution in [3.63, 3.8) is 0 Å². The molecule has 0 aliphatic heterocycles. The molecule has 0 bridgehead atoms. The molecule has 0 saturated carbocycles. The SMILES string of the molecule is C=CCn1c(SC(C)C(=O)Nc2ccnn2C(C)C)nnc1-c1ccc(Cl)cc1. The van der Waals surface area contributed by atoms with Crippen molar-refractivity contribution in [3.8, 4) is 11.4 Å². The Labute approximate surface area is 179 Å². The maximum Gasteiger partial charge on any atom is 0.238 e. The van der Waals surface area contributed by atoms with E-state index in [1.54, 1.807) is 23.0 Å². The summed E-state index contributed by atoms with van der Waals surface area (Å²) in [7, 11) is 0. The maximum absolute atomic E-state index is 12.7.